The van der Waals surface area contributed by atoms with Crippen molar-refractivity contribution in [3.05, 3.63) is 29.8 Å². The van der Waals surface area contributed by atoms with Crippen LogP contribution in [0.5, 0.6) is 0 Å². The Morgan fingerprint density at radius 1 is 1.35 bits per heavy atom. The van der Waals surface area contributed by atoms with Crippen LogP contribution in [0.15, 0.2) is 18.2 Å². The highest BCUT2D eigenvalue weighted by atomic mass is 19.2. The summed E-state index contributed by atoms with van der Waals surface area (Å²) in [5, 5.41) is 4.88. The summed E-state index contributed by atoms with van der Waals surface area (Å²) in [6.07, 6.45) is 0. The van der Waals surface area contributed by atoms with E-state index in [9.17, 15) is 13.6 Å². The largest absolute Gasteiger partial charge is 0.380 e. The van der Waals surface area contributed by atoms with Gasteiger partial charge in [0.15, 0.2) is 11.6 Å². The van der Waals surface area contributed by atoms with Crippen LogP contribution in [0.4, 0.5) is 19.3 Å². The van der Waals surface area contributed by atoms with Crippen LogP contribution in [0, 0.1) is 11.6 Å². The normalized spacial score (nSPS) is 10.1. The van der Waals surface area contributed by atoms with Crippen molar-refractivity contribution in [1.29, 1.82) is 0 Å². The first-order valence-electron chi connectivity index (χ1n) is 5.21. The summed E-state index contributed by atoms with van der Waals surface area (Å²) < 4.78 is 30.4. The number of benzene rings is 1. The topological polar surface area (TPSA) is 50.4 Å². The molecule has 0 spiro atoms. The van der Waals surface area contributed by atoms with Crippen molar-refractivity contribution in [2.45, 2.75) is 6.92 Å². The smallest absolute Gasteiger partial charge is 0.319 e. The van der Waals surface area contributed by atoms with Gasteiger partial charge in [0, 0.05) is 24.9 Å². The van der Waals surface area contributed by atoms with Crippen LogP contribution in [0.3, 0.4) is 0 Å². The van der Waals surface area contributed by atoms with Gasteiger partial charge in [0.25, 0.3) is 0 Å². The van der Waals surface area contributed by atoms with Crippen molar-refractivity contribution < 1.29 is 18.3 Å². The number of amides is 2. The molecule has 1 aromatic carbocycles. The van der Waals surface area contributed by atoms with Gasteiger partial charge in [-0.3, -0.25) is 0 Å². The van der Waals surface area contributed by atoms with E-state index < -0.39 is 17.7 Å². The zero-order valence-electron chi connectivity index (χ0n) is 9.43. The molecule has 2 N–H and O–H groups in total. The first-order chi connectivity index (χ1) is 8.13. The van der Waals surface area contributed by atoms with Gasteiger partial charge < -0.3 is 15.4 Å². The van der Waals surface area contributed by atoms with Crippen LogP contribution in [-0.4, -0.2) is 25.8 Å². The third-order valence-corrected chi connectivity index (χ3v) is 1.91. The molecular formula is C11H14F2N2O2. The van der Waals surface area contributed by atoms with Gasteiger partial charge in [0.05, 0.1) is 6.61 Å². The predicted molar refractivity (Wildman–Crippen MR) is 59.9 cm³/mol. The molecule has 0 bridgehead atoms. The van der Waals surface area contributed by atoms with E-state index in [2.05, 4.69) is 10.6 Å². The van der Waals surface area contributed by atoms with Crippen LogP contribution in [0.1, 0.15) is 6.92 Å². The number of halogens is 2. The van der Waals surface area contributed by atoms with E-state index in [0.29, 0.717) is 19.8 Å². The van der Waals surface area contributed by atoms with Crippen LogP contribution in [0.2, 0.25) is 0 Å². The van der Waals surface area contributed by atoms with Gasteiger partial charge in [-0.1, -0.05) is 0 Å². The molecule has 94 valence electrons. The van der Waals surface area contributed by atoms with E-state index >= 15 is 0 Å². The molecule has 0 aromatic heterocycles. The molecule has 1 rings (SSSR count). The maximum Gasteiger partial charge on any atom is 0.319 e. The fourth-order valence-corrected chi connectivity index (χ4v) is 1.13. The fraction of sp³-hybridized carbons (Fsp3) is 0.364. The number of carbonyl (C=O) groups is 1. The van der Waals surface area contributed by atoms with E-state index in [1.807, 2.05) is 6.92 Å². The number of hydrogen-bond acceptors (Lipinski definition) is 2. The summed E-state index contributed by atoms with van der Waals surface area (Å²) in [6, 6.07) is 2.65. The Labute approximate surface area is 98.0 Å². The number of ether oxygens (including phenoxy) is 1. The quantitative estimate of drug-likeness (QED) is 0.779. The van der Waals surface area contributed by atoms with Crippen molar-refractivity contribution in [2.75, 3.05) is 25.1 Å². The summed E-state index contributed by atoms with van der Waals surface area (Å²) in [7, 11) is 0. The third kappa shape index (κ3) is 4.78. The highest BCUT2D eigenvalue weighted by molar-refractivity contribution is 5.89. The van der Waals surface area contributed by atoms with Gasteiger partial charge in [-0.2, -0.15) is 0 Å². The van der Waals surface area contributed by atoms with E-state index in [4.69, 9.17) is 4.74 Å². The summed E-state index contributed by atoms with van der Waals surface area (Å²) in [5.41, 5.74) is 0.192. The number of anilines is 1. The van der Waals surface area contributed by atoms with Crippen LogP contribution in [0.25, 0.3) is 0 Å². The zero-order valence-corrected chi connectivity index (χ0v) is 9.43. The van der Waals surface area contributed by atoms with Crippen molar-refractivity contribution >= 4 is 11.7 Å². The van der Waals surface area contributed by atoms with Crippen molar-refractivity contribution in [2.24, 2.45) is 0 Å². The highest BCUT2D eigenvalue weighted by Crippen LogP contribution is 2.12. The van der Waals surface area contributed by atoms with Crippen LogP contribution in [-0.2, 0) is 4.74 Å². The van der Waals surface area contributed by atoms with Gasteiger partial charge in [0.1, 0.15) is 0 Å². The molecule has 0 aliphatic carbocycles. The third-order valence-electron chi connectivity index (χ3n) is 1.91. The Bertz CT molecular complexity index is 386. The summed E-state index contributed by atoms with van der Waals surface area (Å²) in [6.45, 7) is 3.18. The molecule has 0 aliphatic heterocycles. The molecule has 6 heteroatoms. The van der Waals surface area contributed by atoms with Gasteiger partial charge in [0.2, 0.25) is 0 Å². The maximum absolute atomic E-state index is 12.8. The van der Waals surface area contributed by atoms with Gasteiger partial charge >= 0.3 is 6.03 Å². The molecule has 0 radical (unpaired) electrons. The minimum Gasteiger partial charge on any atom is -0.380 e. The summed E-state index contributed by atoms with van der Waals surface area (Å²) in [4.78, 5) is 11.3. The van der Waals surface area contributed by atoms with Gasteiger partial charge in [-0.15, -0.1) is 0 Å². The van der Waals surface area contributed by atoms with Crippen LogP contribution < -0.4 is 10.6 Å². The molecule has 0 unspecified atom stereocenters. The average molecular weight is 244 g/mol. The second-order valence-electron chi connectivity index (χ2n) is 3.21. The number of carbonyl (C=O) groups excluding carboxylic acids is 1. The monoisotopic (exact) mass is 244 g/mol. The summed E-state index contributed by atoms with van der Waals surface area (Å²) >= 11 is 0. The van der Waals surface area contributed by atoms with Crippen molar-refractivity contribution in [3.8, 4) is 0 Å². The molecule has 0 saturated heterocycles. The number of nitrogens with one attached hydrogen (secondary N) is 2. The molecule has 0 heterocycles. The molecule has 0 saturated carbocycles. The lowest BCUT2D eigenvalue weighted by Crippen LogP contribution is -2.31. The van der Waals surface area contributed by atoms with E-state index in [1.54, 1.807) is 0 Å². The second kappa shape index (κ2) is 6.80. The van der Waals surface area contributed by atoms with Gasteiger partial charge in [-0.05, 0) is 19.1 Å². The first-order valence-corrected chi connectivity index (χ1v) is 5.21. The molecule has 4 nitrogen and oxygen atoms in total. The maximum atomic E-state index is 12.8. The average Bonchev–Trinajstić information content (AvgIpc) is 2.30. The van der Waals surface area contributed by atoms with Crippen molar-refractivity contribution in [1.82, 2.24) is 5.32 Å². The number of rotatable bonds is 5. The van der Waals surface area contributed by atoms with E-state index in [1.165, 1.54) is 6.07 Å². The highest BCUT2D eigenvalue weighted by Gasteiger charge is 2.05. The SMILES string of the molecule is CCOCCNC(=O)Nc1ccc(F)c(F)c1. The van der Waals surface area contributed by atoms with E-state index in [0.717, 1.165) is 12.1 Å². The van der Waals surface area contributed by atoms with E-state index in [-0.39, 0.29) is 5.69 Å². The van der Waals surface area contributed by atoms with Gasteiger partial charge in [-0.25, -0.2) is 13.6 Å². The fourth-order valence-electron chi connectivity index (χ4n) is 1.13. The molecule has 17 heavy (non-hydrogen) atoms. The Balaban J connectivity index is 2.37. The zero-order chi connectivity index (χ0) is 12.7. The lowest BCUT2D eigenvalue weighted by molar-refractivity contribution is 0.150. The molecule has 1 aromatic rings. The Hall–Kier alpha value is -1.69. The Morgan fingerprint density at radius 2 is 2.12 bits per heavy atom. The number of urea groups is 1. The number of hydrogen-bond donors (Lipinski definition) is 2. The van der Waals surface area contributed by atoms with Crippen LogP contribution >= 0.6 is 0 Å². The minimum absolute atomic E-state index is 0.192. The Kier molecular flexibility index (Phi) is 5.35. The minimum atomic E-state index is -1.00. The molecular weight excluding hydrogens is 230 g/mol. The second-order valence-corrected chi connectivity index (χ2v) is 3.21. The molecule has 0 aliphatic rings. The molecule has 0 fully saturated rings. The molecule has 0 atom stereocenters. The van der Waals surface area contributed by atoms with Crippen molar-refractivity contribution in [3.63, 3.8) is 0 Å². The Morgan fingerprint density at radius 3 is 2.76 bits per heavy atom. The lowest BCUT2D eigenvalue weighted by Gasteiger charge is -2.07. The predicted octanol–water partition coefficient (Wildman–Crippen LogP) is 2.12. The standard InChI is InChI=1S/C11H14F2N2O2/c1-2-17-6-5-14-11(16)15-8-3-4-9(12)10(13)7-8/h3-4,7H,2,5-6H2,1H3,(H2,14,15,16). The lowest BCUT2D eigenvalue weighted by atomic mass is 10.3. The first kappa shape index (κ1) is 13.4. The molecule has 2 amide bonds. The summed E-state index contributed by atoms with van der Waals surface area (Å²) in [5.74, 6) is -1.95.